The van der Waals surface area contributed by atoms with Crippen LogP contribution in [0.3, 0.4) is 0 Å². The number of hydrogen-bond acceptors (Lipinski definition) is 3. The van der Waals surface area contributed by atoms with Crippen molar-refractivity contribution in [2.24, 2.45) is 17.8 Å². The molecule has 0 aliphatic heterocycles. The lowest BCUT2D eigenvalue weighted by atomic mass is 9.53. The maximum absolute atomic E-state index is 12.1. The highest BCUT2D eigenvalue weighted by molar-refractivity contribution is 7.88. The fourth-order valence-corrected chi connectivity index (χ4v) is 5.44. The molecule has 2 N–H and O–H groups in total. The molecule has 1 amide bonds. The lowest BCUT2D eigenvalue weighted by Crippen LogP contribution is -2.60. The van der Waals surface area contributed by atoms with Crippen LogP contribution in [-0.2, 0) is 14.8 Å². The van der Waals surface area contributed by atoms with Crippen molar-refractivity contribution in [2.45, 2.75) is 50.5 Å². The van der Waals surface area contributed by atoms with Crippen molar-refractivity contribution < 1.29 is 13.2 Å². The van der Waals surface area contributed by atoms with E-state index in [2.05, 4.69) is 10.0 Å². The minimum absolute atomic E-state index is 0.0110. The van der Waals surface area contributed by atoms with E-state index < -0.39 is 10.0 Å². The van der Waals surface area contributed by atoms with Gasteiger partial charge in [-0.2, -0.15) is 0 Å². The molecule has 20 heavy (non-hydrogen) atoms. The zero-order valence-corrected chi connectivity index (χ0v) is 12.8. The van der Waals surface area contributed by atoms with Crippen LogP contribution in [0, 0.1) is 17.8 Å². The van der Waals surface area contributed by atoms with E-state index in [0.717, 1.165) is 43.3 Å². The molecule has 4 saturated carbocycles. The second-order valence-electron chi connectivity index (χ2n) is 7.16. The number of rotatable bonds is 5. The van der Waals surface area contributed by atoms with Crippen molar-refractivity contribution in [3.05, 3.63) is 0 Å². The Balaban J connectivity index is 1.54. The van der Waals surface area contributed by atoms with Gasteiger partial charge in [-0.15, -0.1) is 0 Å². The van der Waals surface area contributed by atoms with Gasteiger partial charge in [0.15, 0.2) is 0 Å². The van der Waals surface area contributed by atoms with E-state index >= 15 is 0 Å². The van der Waals surface area contributed by atoms with Gasteiger partial charge < -0.3 is 5.32 Å². The molecule has 5 nitrogen and oxygen atoms in total. The first-order chi connectivity index (χ1) is 9.34. The summed E-state index contributed by atoms with van der Waals surface area (Å²) in [5, 5.41) is 3.24. The zero-order chi connectivity index (χ0) is 14.4. The molecule has 4 aliphatic carbocycles. The third-order valence-electron chi connectivity index (χ3n) is 5.16. The van der Waals surface area contributed by atoms with Crippen LogP contribution in [0.4, 0.5) is 0 Å². The summed E-state index contributed by atoms with van der Waals surface area (Å²) in [6.07, 6.45) is 8.79. The summed E-state index contributed by atoms with van der Waals surface area (Å²) in [6.45, 7) is 0.192. The molecule has 0 saturated heterocycles. The molecule has 0 aromatic heterocycles. The second kappa shape index (κ2) is 4.98. The van der Waals surface area contributed by atoms with E-state index in [4.69, 9.17) is 0 Å². The Labute approximate surface area is 120 Å². The molecule has 0 unspecified atom stereocenters. The van der Waals surface area contributed by atoms with Crippen molar-refractivity contribution in [3.8, 4) is 0 Å². The van der Waals surface area contributed by atoms with Crippen LogP contribution in [0.1, 0.15) is 44.9 Å². The summed E-state index contributed by atoms with van der Waals surface area (Å²) in [7, 11) is -3.20. The van der Waals surface area contributed by atoms with Crippen molar-refractivity contribution in [1.29, 1.82) is 0 Å². The topological polar surface area (TPSA) is 75.3 Å². The average Bonchev–Trinajstić information content (AvgIpc) is 2.23. The van der Waals surface area contributed by atoms with Crippen molar-refractivity contribution in [2.75, 3.05) is 12.8 Å². The summed E-state index contributed by atoms with van der Waals surface area (Å²) in [5.41, 5.74) is 0.0247. The quantitative estimate of drug-likeness (QED) is 0.795. The van der Waals surface area contributed by atoms with Gasteiger partial charge in [-0.25, -0.2) is 13.1 Å². The van der Waals surface area contributed by atoms with Crippen LogP contribution >= 0.6 is 0 Å². The molecule has 4 fully saturated rings. The van der Waals surface area contributed by atoms with Gasteiger partial charge in [0.2, 0.25) is 15.9 Å². The first kappa shape index (κ1) is 14.3. The van der Waals surface area contributed by atoms with Gasteiger partial charge in [0.25, 0.3) is 0 Å². The molecule has 6 heteroatoms. The number of nitrogens with one attached hydrogen (secondary N) is 2. The fraction of sp³-hybridized carbons (Fsp3) is 0.929. The Morgan fingerprint density at radius 3 is 2.05 bits per heavy atom. The summed E-state index contributed by atoms with van der Waals surface area (Å²) >= 11 is 0. The minimum Gasteiger partial charge on any atom is -0.351 e. The lowest BCUT2D eigenvalue weighted by molar-refractivity contribution is -0.126. The Kier molecular flexibility index (Phi) is 3.57. The summed E-state index contributed by atoms with van der Waals surface area (Å²) in [6, 6.07) is 0. The maximum Gasteiger partial charge on any atom is 0.221 e. The van der Waals surface area contributed by atoms with Gasteiger partial charge in [-0.1, -0.05) is 0 Å². The van der Waals surface area contributed by atoms with E-state index in [1.165, 1.54) is 19.3 Å². The highest BCUT2D eigenvalue weighted by Crippen LogP contribution is 2.55. The van der Waals surface area contributed by atoms with Crippen LogP contribution < -0.4 is 10.0 Å². The van der Waals surface area contributed by atoms with Crippen LogP contribution in [0.2, 0.25) is 0 Å². The summed E-state index contributed by atoms with van der Waals surface area (Å²) in [4.78, 5) is 12.1. The smallest absolute Gasteiger partial charge is 0.221 e. The molecule has 0 aromatic rings. The van der Waals surface area contributed by atoms with E-state index in [9.17, 15) is 13.2 Å². The maximum atomic E-state index is 12.1. The fourth-order valence-electron chi connectivity index (χ4n) is 4.97. The van der Waals surface area contributed by atoms with Gasteiger partial charge >= 0.3 is 0 Å². The van der Waals surface area contributed by atoms with Crippen LogP contribution in [0.25, 0.3) is 0 Å². The number of amides is 1. The van der Waals surface area contributed by atoms with Crippen LogP contribution in [0.15, 0.2) is 0 Å². The molecule has 114 valence electrons. The monoisotopic (exact) mass is 300 g/mol. The Morgan fingerprint density at radius 1 is 1.10 bits per heavy atom. The number of hydrogen-bond donors (Lipinski definition) is 2. The molecule has 4 rings (SSSR count). The predicted octanol–water partition coefficient (Wildman–Crippen LogP) is 1.01. The molecule has 0 aromatic carbocycles. The standard InChI is InChI=1S/C14H24N2O3S/c1-20(18,19)15-3-2-13(17)16-14-7-10-4-11(8-14)6-12(5-10)9-14/h10-12,15H,2-9H2,1H3,(H,16,17). The lowest BCUT2D eigenvalue weighted by Gasteiger charge is -2.56. The Bertz CT molecular complexity index is 465. The molecule has 4 aliphatic rings. The zero-order valence-electron chi connectivity index (χ0n) is 12.0. The third kappa shape index (κ3) is 3.17. The molecular weight excluding hydrogens is 276 g/mol. The minimum atomic E-state index is -3.20. The van der Waals surface area contributed by atoms with Crippen molar-refractivity contribution >= 4 is 15.9 Å². The summed E-state index contributed by atoms with van der Waals surface area (Å²) in [5.74, 6) is 2.39. The van der Waals surface area contributed by atoms with E-state index in [0.29, 0.717) is 0 Å². The molecular formula is C14H24N2O3S. The third-order valence-corrected chi connectivity index (χ3v) is 5.89. The van der Waals surface area contributed by atoms with Crippen molar-refractivity contribution in [1.82, 2.24) is 10.0 Å². The van der Waals surface area contributed by atoms with E-state index in [1.54, 1.807) is 0 Å². The average molecular weight is 300 g/mol. The first-order valence-corrected chi connectivity index (χ1v) is 9.48. The van der Waals surface area contributed by atoms with E-state index in [1.807, 2.05) is 0 Å². The first-order valence-electron chi connectivity index (χ1n) is 7.59. The summed E-state index contributed by atoms with van der Waals surface area (Å²) < 4.78 is 24.3. The molecule has 0 atom stereocenters. The normalized spacial score (nSPS) is 39.0. The van der Waals surface area contributed by atoms with E-state index in [-0.39, 0.29) is 24.4 Å². The Hall–Kier alpha value is -0.620. The largest absolute Gasteiger partial charge is 0.351 e. The number of carbonyl (C=O) groups is 1. The molecule has 0 radical (unpaired) electrons. The molecule has 4 bridgehead atoms. The van der Waals surface area contributed by atoms with Gasteiger partial charge in [0, 0.05) is 18.5 Å². The molecule has 0 heterocycles. The highest BCUT2D eigenvalue weighted by Gasteiger charge is 2.51. The highest BCUT2D eigenvalue weighted by atomic mass is 32.2. The van der Waals surface area contributed by atoms with Crippen molar-refractivity contribution in [3.63, 3.8) is 0 Å². The second-order valence-corrected chi connectivity index (χ2v) is 9.00. The van der Waals surface area contributed by atoms with Gasteiger partial charge in [0.1, 0.15) is 0 Å². The number of sulfonamides is 1. The Morgan fingerprint density at radius 2 is 1.60 bits per heavy atom. The molecule has 0 spiro atoms. The van der Waals surface area contributed by atoms with Crippen LogP contribution in [0.5, 0.6) is 0 Å². The van der Waals surface area contributed by atoms with Gasteiger partial charge in [0.05, 0.1) is 6.26 Å². The van der Waals surface area contributed by atoms with Gasteiger partial charge in [-0.3, -0.25) is 4.79 Å². The number of carbonyl (C=O) groups excluding carboxylic acids is 1. The SMILES string of the molecule is CS(=O)(=O)NCCC(=O)NC12CC3CC(CC(C3)C1)C2. The van der Waals surface area contributed by atoms with Crippen LogP contribution in [-0.4, -0.2) is 32.7 Å². The van der Waals surface area contributed by atoms with Gasteiger partial charge in [-0.05, 0) is 56.3 Å². The predicted molar refractivity (Wildman–Crippen MR) is 76.5 cm³/mol.